The molecule has 140 valence electrons. The fourth-order valence-corrected chi connectivity index (χ4v) is 1.34. The molecule has 0 fully saturated rings. The number of hydrazone groups is 1. The molecule has 0 aromatic heterocycles. The molecule has 0 aromatic rings. The van der Waals surface area contributed by atoms with Crippen LogP contribution >= 0.6 is 0 Å². The number of nitrogens with one attached hydrogen (secondary N) is 1. The van der Waals surface area contributed by atoms with E-state index in [1.165, 1.54) is 6.21 Å². The van der Waals surface area contributed by atoms with Crippen molar-refractivity contribution in [3.05, 3.63) is 0 Å². The van der Waals surface area contributed by atoms with Crippen molar-refractivity contribution in [1.82, 2.24) is 5.43 Å². The molecule has 8 nitrogen and oxygen atoms in total. The van der Waals surface area contributed by atoms with Crippen LogP contribution in [0, 0.1) is 0 Å². The Balaban J connectivity index is 3.50. The third-order valence-electron chi connectivity index (χ3n) is 2.08. The van der Waals surface area contributed by atoms with E-state index in [1.807, 2.05) is 20.8 Å². The number of ether oxygens (including phenoxy) is 4. The van der Waals surface area contributed by atoms with Crippen molar-refractivity contribution < 1.29 is 28.5 Å². The van der Waals surface area contributed by atoms with E-state index in [0.717, 1.165) is 0 Å². The average molecular weight is 346 g/mol. The second kappa shape index (κ2) is 11.0. The van der Waals surface area contributed by atoms with Gasteiger partial charge in [0.15, 0.2) is 0 Å². The van der Waals surface area contributed by atoms with Gasteiger partial charge in [-0.2, -0.15) is 5.10 Å². The van der Waals surface area contributed by atoms with E-state index in [1.54, 1.807) is 20.8 Å². The van der Waals surface area contributed by atoms with Gasteiger partial charge in [0, 0.05) is 0 Å². The van der Waals surface area contributed by atoms with Crippen molar-refractivity contribution in [3.8, 4) is 0 Å². The molecule has 0 saturated heterocycles. The van der Waals surface area contributed by atoms with E-state index in [4.69, 9.17) is 18.9 Å². The van der Waals surface area contributed by atoms with Gasteiger partial charge in [0.2, 0.25) is 0 Å². The van der Waals surface area contributed by atoms with Gasteiger partial charge in [0.25, 0.3) is 0 Å². The molecule has 1 amide bonds. The van der Waals surface area contributed by atoms with Crippen LogP contribution in [0.1, 0.15) is 48.0 Å². The molecule has 0 aliphatic rings. The van der Waals surface area contributed by atoms with Gasteiger partial charge in [-0.3, -0.25) is 4.79 Å². The number of carbonyl (C=O) groups is 2. The lowest BCUT2D eigenvalue weighted by Crippen LogP contribution is -2.29. The smallest absolute Gasteiger partial charge is 0.428 e. The summed E-state index contributed by atoms with van der Waals surface area (Å²) in [5.41, 5.74) is 1.19. The van der Waals surface area contributed by atoms with Gasteiger partial charge in [0.1, 0.15) is 11.2 Å². The summed E-state index contributed by atoms with van der Waals surface area (Å²) >= 11 is 0. The molecule has 0 aromatic carbocycles. The maximum Gasteiger partial charge on any atom is 0.428 e. The number of nitrogens with zero attached hydrogens (tertiary/aromatic N) is 1. The Morgan fingerprint density at radius 1 is 0.917 bits per heavy atom. The Morgan fingerprint density at radius 3 is 2.08 bits per heavy atom. The van der Waals surface area contributed by atoms with Gasteiger partial charge < -0.3 is 18.9 Å². The van der Waals surface area contributed by atoms with E-state index >= 15 is 0 Å². The molecule has 8 heteroatoms. The third kappa shape index (κ3) is 16.7. The minimum atomic E-state index is -0.621. The maximum absolute atomic E-state index is 11.4. The molecule has 24 heavy (non-hydrogen) atoms. The first kappa shape index (κ1) is 22.3. The SMILES string of the molecule is CC(C)(C)OC(=O)CCOCCOC/C=N/NC(=O)OC(C)(C)C. The summed E-state index contributed by atoms with van der Waals surface area (Å²) in [6.45, 7) is 12.0. The van der Waals surface area contributed by atoms with Gasteiger partial charge in [-0.25, -0.2) is 10.2 Å². The second-order valence-corrected chi connectivity index (χ2v) is 6.95. The van der Waals surface area contributed by atoms with Crippen LogP contribution in [0.3, 0.4) is 0 Å². The highest BCUT2D eigenvalue weighted by molar-refractivity contribution is 5.70. The summed E-state index contributed by atoms with van der Waals surface area (Å²) in [4.78, 5) is 22.7. The highest BCUT2D eigenvalue weighted by Gasteiger charge is 2.16. The van der Waals surface area contributed by atoms with Crippen molar-refractivity contribution >= 4 is 18.3 Å². The Hall–Kier alpha value is -1.67. The monoisotopic (exact) mass is 346 g/mol. The van der Waals surface area contributed by atoms with Crippen LogP contribution in [0.15, 0.2) is 5.10 Å². The summed E-state index contributed by atoms with van der Waals surface area (Å²) in [7, 11) is 0. The average Bonchev–Trinajstić information content (AvgIpc) is 2.36. The summed E-state index contributed by atoms with van der Waals surface area (Å²) < 4.78 is 20.6. The topological polar surface area (TPSA) is 95.5 Å². The first-order chi connectivity index (χ1) is 11.0. The molecule has 0 aliphatic carbocycles. The lowest BCUT2D eigenvalue weighted by atomic mass is 10.2. The molecule has 0 spiro atoms. The van der Waals surface area contributed by atoms with Crippen molar-refractivity contribution in [1.29, 1.82) is 0 Å². The Labute approximate surface area is 143 Å². The van der Waals surface area contributed by atoms with E-state index in [-0.39, 0.29) is 25.6 Å². The van der Waals surface area contributed by atoms with Gasteiger partial charge in [-0.05, 0) is 41.5 Å². The Kier molecular flexibility index (Phi) is 10.2. The van der Waals surface area contributed by atoms with Crippen LogP contribution in [0.5, 0.6) is 0 Å². The predicted molar refractivity (Wildman–Crippen MR) is 90.0 cm³/mol. The van der Waals surface area contributed by atoms with Crippen molar-refractivity contribution in [2.45, 2.75) is 59.2 Å². The number of rotatable bonds is 9. The zero-order valence-electron chi connectivity index (χ0n) is 15.5. The summed E-state index contributed by atoms with van der Waals surface area (Å²) in [6, 6.07) is 0. The summed E-state index contributed by atoms with van der Waals surface area (Å²) in [5.74, 6) is -0.288. The van der Waals surface area contributed by atoms with Gasteiger partial charge >= 0.3 is 12.1 Å². The van der Waals surface area contributed by atoms with E-state index in [2.05, 4.69) is 10.5 Å². The lowest BCUT2D eigenvalue weighted by Gasteiger charge is -2.19. The molecule has 0 atom stereocenters. The lowest BCUT2D eigenvalue weighted by molar-refractivity contribution is -0.156. The van der Waals surface area contributed by atoms with Gasteiger partial charge in [0.05, 0.1) is 39.1 Å². The van der Waals surface area contributed by atoms with Crippen molar-refractivity contribution in [2.24, 2.45) is 5.10 Å². The Morgan fingerprint density at radius 2 is 1.50 bits per heavy atom. The number of carbonyl (C=O) groups excluding carboxylic acids is 2. The van der Waals surface area contributed by atoms with Crippen LogP contribution in [0.25, 0.3) is 0 Å². The molecule has 0 rings (SSSR count). The van der Waals surface area contributed by atoms with Crippen LogP contribution in [0.4, 0.5) is 4.79 Å². The first-order valence-electron chi connectivity index (χ1n) is 7.87. The minimum absolute atomic E-state index is 0.207. The maximum atomic E-state index is 11.4. The van der Waals surface area contributed by atoms with Gasteiger partial charge in [-0.1, -0.05) is 0 Å². The minimum Gasteiger partial charge on any atom is -0.460 e. The number of hydrogen-bond donors (Lipinski definition) is 1. The molecule has 0 bridgehead atoms. The number of esters is 1. The zero-order chi connectivity index (χ0) is 18.6. The number of amides is 1. The molecular weight excluding hydrogens is 316 g/mol. The fourth-order valence-electron chi connectivity index (χ4n) is 1.34. The van der Waals surface area contributed by atoms with Crippen LogP contribution in [0.2, 0.25) is 0 Å². The second-order valence-electron chi connectivity index (χ2n) is 6.95. The fraction of sp³-hybridized carbons (Fsp3) is 0.812. The van der Waals surface area contributed by atoms with E-state index in [9.17, 15) is 9.59 Å². The molecule has 0 unspecified atom stereocenters. The van der Waals surface area contributed by atoms with Crippen LogP contribution < -0.4 is 5.43 Å². The first-order valence-corrected chi connectivity index (χ1v) is 7.87. The molecule has 0 heterocycles. The van der Waals surface area contributed by atoms with Gasteiger partial charge in [-0.15, -0.1) is 0 Å². The molecular formula is C16H30N2O6. The largest absolute Gasteiger partial charge is 0.460 e. The van der Waals surface area contributed by atoms with Crippen LogP contribution in [-0.4, -0.2) is 55.9 Å². The van der Waals surface area contributed by atoms with E-state index in [0.29, 0.717) is 13.2 Å². The van der Waals surface area contributed by atoms with Crippen molar-refractivity contribution in [3.63, 3.8) is 0 Å². The molecule has 1 N–H and O–H groups in total. The summed E-state index contributed by atoms with van der Waals surface area (Å²) in [5, 5.41) is 3.67. The van der Waals surface area contributed by atoms with E-state index < -0.39 is 17.3 Å². The highest BCUT2D eigenvalue weighted by atomic mass is 16.6. The Bertz CT molecular complexity index is 410. The molecule has 0 saturated carbocycles. The van der Waals surface area contributed by atoms with Crippen LogP contribution in [-0.2, 0) is 23.7 Å². The standard InChI is InChI=1S/C16H30N2O6/c1-15(2,3)23-13(19)7-9-21-11-12-22-10-8-17-18-14(20)24-16(4,5)6/h8H,7,9-12H2,1-6H3,(H,18,20)/b17-8+. The quantitative estimate of drug-likeness (QED) is 0.298. The molecule has 0 radical (unpaired) electrons. The van der Waals surface area contributed by atoms with Crippen molar-refractivity contribution in [2.75, 3.05) is 26.4 Å². The number of hydrogen-bond acceptors (Lipinski definition) is 7. The molecule has 0 aliphatic heterocycles. The normalized spacial score (nSPS) is 12.2. The predicted octanol–water partition coefficient (Wildman–Crippen LogP) is 2.26. The zero-order valence-corrected chi connectivity index (χ0v) is 15.5. The highest BCUT2D eigenvalue weighted by Crippen LogP contribution is 2.08. The summed E-state index contributed by atoms with van der Waals surface area (Å²) in [6.07, 6.45) is 0.993. The third-order valence-corrected chi connectivity index (χ3v) is 2.08.